The van der Waals surface area contributed by atoms with Gasteiger partial charge in [-0.15, -0.1) is 0 Å². The lowest BCUT2D eigenvalue weighted by Crippen LogP contribution is -2.48. The maximum Gasteiger partial charge on any atom is 0.261 e. The minimum atomic E-state index is -0.629. The lowest BCUT2D eigenvalue weighted by molar-refractivity contribution is -0.128. The molecule has 1 unspecified atom stereocenters. The monoisotopic (exact) mass is 280 g/mol. The number of benzene rings is 1. The van der Waals surface area contributed by atoms with Gasteiger partial charge in [0.1, 0.15) is 11.5 Å². The van der Waals surface area contributed by atoms with E-state index in [0.29, 0.717) is 17.2 Å². The van der Waals surface area contributed by atoms with Crippen molar-refractivity contribution in [2.75, 3.05) is 12.8 Å². The minimum absolute atomic E-state index is 0.168. The van der Waals surface area contributed by atoms with E-state index in [0.717, 1.165) is 6.42 Å². The average molecular weight is 280 g/mol. The first kappa shape index (κ1) is 16.1. The summed E-state index contributed by atoms with van der Waals surface area (Å²) in [6.07, 6.45) is 0.211. The second kappa shape index (κ2) is 6.50. The fourth-order valence-electron chi connectivity index (χ4n) is 1.51. The summed E-state index contributed by atoms with van der Waals surface area (Å²) >= 11 is 0. The highest BCUT2D eigenvalue weighted by Gasteiger charge is 2.23. The Labute approximate surface area is 120 Å². The van der Waals surface area contributed by atoms with Crippen molar-refractivity contribution in [3.63, 3.8) is 0 Å². The Kier molecular flexibility index (Phi) is 5.25. The van der Waals surface area contributed by atoms with Crippen molar-refractivity contribution in [2.24, 2.45) is 0 Å². The standard InChI is InChI=1S/C15H24N2O3/c1-6-15(3,4)17-14(18)10(2)20-13-9-11(19-5)7-8-12(13)16/h7-10H,6,16H2,1-5H3,(H,17,18). The van der Waals surface area contributed by atoms with Crippen LogP contribution in [-0.2, 0) is 4.79 Å². The number of carbonyl (C=O) groups excluding carboxylic acids is 1. The van der Waals surface area contributed by atoms with E-state index in [1.165, 1.54) is 0 Å². The van der Waals surface area contributed by atoms with Crippen LogP contribution in [0.25, 0.3) is 0 Å². The molecule has 0 saturated carbocycles. The third-order valence-corrected chi connectivity index (χ3v) is 3.24. The van der Waals surface area contributed by atoms with Crippen LogP contribution in [0.1, 0.15) is 34.1 Å². The average Bonchev–Trinajstić information content (AvgIpc) is 2.40. The van der Waals surface area contributed by atoms with Gasteiger partial charge in [0.2, 0.25) is 0 Å². The first-order valence-corrected chi connectivity index (χ1v) is 6.71. The van der Waals surface area contributed by atoms with Crippen LogP contribution in [0.2, 0.25) is 0 Å². The number of anilines is 1. The van der Waals surface area contributed by atoms with Gasteiger partial charge in [-0.05, 0) is 39.3 Å². The molecule has 0 spiro atoms. The molecule has 5 nitrogen and oxygen atoms in total. The molecule has 0 fully saturated rings. The van der Waals surface area contributed by atoms with Gasteiger partial charge in [-0.2, -0.15) is 0 Å². The predicted molar refractivity (Wildman–Crippen MR) is 80.0 cm³/mol. The van der Waals surface area contributed by atoms with Crippen LogP contribution in [0.15, 0.2) is 18.2 Å². The van der Waals surface area contributed by atoms with Crippen molar-refractivity contribution in [1.29, 1.82) is 0 Å². The van der Waals surface area contributed by atoms with Crippen LogP contribution in [0, 0.1) is 0 Å². The zero-order valence-electron chi connectivity index (χ0n) is 12.8. The summed E-state index contributed by atoms with van der Waals surface area (Å²) in [6.45, 7) is 7.65. The van der Waals surface area contributed by atoms with Crippen molar-refractivity contribution in [1.82, 2.24) is 5.32 Å². The maximum atomic E-state index is 12.1. The topological polar surface area (TPSA) is 73.6 Å². The number of ether oxygens (including phenoxy) is 2. The highest BCUT2D eigenvalue weighted by atomic mass is 16.5. The van der Waals surface area contributed by atoms with Crippen LogP contribution in [-0.4, -0.2) is 24.7 Å². The smallest absolute Gasteiger partial charge is 0.261 e. The van der Waals surface area contributed by atoms with E-state index in [-0.39, 0.29) is 11.4 Å². The SMILES string of the molecule is CCC(C)(C)NC(=O)C(C)Oc1cc(OC)ccc1N. The molecule has 1 aromatic rings. The summed E-state index contributed by atoms with van der Waals surface area (Å²) in [5, 5.41) is 2.94. The van der Waals surface area contributed by atoms with Crippen molar-refractivity contribution >= 4 is 11.6 Å². The number of hydrogen-bond donors (Lipinski definition) is 2. The second-order valence-electron chi connectivity index (χ2n) is 5.39. The molecule has 0 radical (unpaired) electrons. The van der Waals surface area contributed by atoms with E-state index in [4.69, 9.17) is 15.2 Å². The minimum Gasteiger partial charge on any atom is -0.497 e. The highest BCUT2D eigenvalue weighted by molar-refractivity contribution is 5.81. The van der Waals surface area contributed by atoms with Gasteiger partial charge >= 0.3 is 0 Å². The van der Waals surface area contributed by atoms with Crippen LogP contribution < -0.4 is 20.5 Å². The summed E-state index contributed by atoms with van der Waals surface area (Å²) in [4.78, 5) is 12.1. The second-order valence-corrected chi connectivity index (χ2v) is 5.39. The fraction of sp³-hybridized carbons (Fsp3) is 0.533. The lowest BCUT2D eigenvalue weighted by atomic mass is 10.0. The summed E-state index contributed by atoms with van der Waals surface area (Å²) in [6, 6.07) is 5.10. The summed E-state index contributed by atoms with van der Waals surface area (Å²) in [7, 11) is 1.56. The molecule has 0 aliphatic heterocycles. The van der Waals surface area contributed by atoms with Gasteiger partial charge in [-0.25, -0.2) is 0 Å². The van der Waals surface area contributed by atoms with Gasteiger partial charge in [-0.3, -0.25) is 4.79 Å². The Morgan fingerprint density at radius 1 is 1.45 bits per heavy atom. The van der Waals surface area contributed by atoms with E-state index in [1.807, 2.05) is 20.8 Å². The van der Waals surface area contributed by atoms with Gasteiger partial charge in [0, 0.05) is 11.6 Å². The van der Waals surface area contributed by atoms with Gasteiger partial charge < -0.3 is 20.5 Å². The number of carbonyl (C=O) groups is 1. The number of nitrogen functional groups attached to an aromatic ring is 1. The number of rotatable bonds is 6. The van der Waals surface area contributed by atoms with Crippen LogP contribution >= 0.6 is 0 Å². The molecule has 5 heteroatoms. The molecule has 0 bridgehead atoms. The molecule has 20 heavy (non-hydrogen) atoms. The van der Waals surface area contributed by atoms with Gasteiger partial charge in [-0.1, -0.05) is 6.92 Å². The molecule has 0 aliphatic carbocycles. The molecule has 112 valence electrons. The molecule has 1 aromatic carbocycles. The van der Waals surface area contributed by atoms with E-state index < -0.39 is 6.10 Å². The van der Waals surface area contributed by atoms with Gasteiger partial charge in [0.05, 0.1) is 12.8 Å². The van der Waals surface area contributed by atoms with E-state index in [2.05, 4.69) is 5.32 Å². The molecule has 0 saturated heterocycles. The zero-order valence-corrected chi connectivity index (χ0v) is 12.8. The normalized spacial score (nSPS) is 12.7. The molecule has 1 atom stereocenters. The number of hydrogen-bond acceptors (Lipinski definition) is 4. The molecule has 1 amide bonds. The molecular formula is C15H24N2O3. The van der Waals surface area contributed by atoms with Crippen molar-refractivity contribution in [3.05, 3.63) is 18.2 Å². The Morgan fingerprint density at radius 2 is 2.10 bits per heavy atom. The number of amides is 1. The third-order valence-electron chi connectivity index (χ3n) is 3.24. The highest BCUT2D eigenvalue weighted by Crippen LogP contribution is 2.27. The van der Waals surface area contributed by atoms with E-state index in [9.17, 15) is 4.79 Å². The molecule has 1 rings (SSSR count). The Balaban J connectivity index is 2.75. The molecule has 3 N–H and O–H groups in total. The van der Waals surface area contributed by atoms with E-state index >= 15 is 0 Å². The Morgan fingerprint density at radius 3 is 2.65 bits per heavy atom. The largest absolute Gasteiger partial charge is 0.497 e. The van der Waals surface area contributed by atoms with Crippen molar-refractivity contribution in [2.45, 2.75) is 45.8 Å². The molecule has 0 heterocycles. The van der Waals surface area contributed by atoms with Crippen LogP contribution in [0.4, 0.5) is 5.69 Å². The zero-order chi connectivity index (χ0) is 15.3. The quantitative estimate of drug-likeness (QED) is 0.784. The maximum absolute atomic E-state index is 12.1. The first-order chi connectivity index (χ1) is 9.29. The third kappa shape index (κ3) is 4.33. The summed E-state index contributed by atoms with van der Waals surface area (Å²) in [5.74, 6) is 0.913. The summed E-state index contributed by atoms with van der Waals surface area (Å²) < 4.78 is 10.7. The number of nitrogens with one attached hydrogen (secondary N) is 1. The Hall–Kier alpha value is -1.91. The molecular weight excluding hydrogens is 256 g/mol. The van der Waals surface area contributed by atoms with Crippen molar-refractivity contribution in [3.8, 4) is 11.5 Å². The number of nitrogens with two attached hydrogens (primary N) is 1. The summed E-state index contributed by atoms with van der Waals surface area (Å²) in [5.41, 5.74) is 6.05. The predicted octanol–water partition coefficient (Wildman–Crippen LogP) is 2.35. The molecule has 0 aliphatic rings. The van der Waals surface area contributed by atoms with Crippen LogP contribution in [0.5, 0.6) is 11.5 Å². The van der Waals surface area contributed by atoms with Gasteiger partial charge in [0.15, 0.2) is 6.10 Å². The molecule has 0 aromatic heterocycles. The number of methoxy groups -OCH3 is 1. The lowest BCUT2D eigenvalue weighted by Gasteiger charge is -2.26. The Bertz CT molecular complexity index is 472. The van der Waals surface area contributed by atoms with Gasteiger partial charge in [0.25, 0.3) is 5.91 Å². The first-order valence-electron chi connectivity index (χ1n) is 6.71. The fourth-order valence-corrected chi connectivity index (χ4v) is 1.51. The van der Waals surface area contributed by atoms with E-state index in [1.54, 1.807) is 32.2 Å². The van der Waals surface area contributed by atoms with Crippen LogP contribution in [0.3, 0.4) is 0 Å². The van der Waals surface area contributed by atoms with Crippen molar-refractivity contribution < 1.29 is 14.3 Å².